The Balaban J connectivity index is 1.58. The van der Waals surface area contributed by atoms with Crippen LogP contribution in [0.25, 0.3) is 0 Å². The summed E-state index contributed by atoms with van der Waals surface area (Å²) in [6.07, 6.45) is -0.323. The van der Waals surface area contributed by atoms with E-state index in [4.69, 9.17) is 9.47 Å². The van der Waals surface area contributed by atoms with Gasteiger partial charge in [0.1, 0.15) is 12.7 Å². The summed E-state index contributed by atoms with van der Waals surface area (Å²) in [4.78, 5) is 24.8. The monoisotopic (exact) mass is 389 g/mol. The minimum absolute atomic E-state index is 0.146. The van der Waals surface area contributed by atoms with E-state index in [1.807, 2.05) is 67.6 Å². The van der Waals surface area contributed by atoms with Crippen molar-refractivity contribution in [3.8, 4) is 0 Å². The molecule has 0 fully saturated rings. The maximum atomic E-state index is 12.6. The summed E-state index contributed by atoms with van der Waals surface area (Å²) >= 11 is 0. The van der Waals surface area contributed by atoms with Crippen molar-refractivity contribution < 1.29 is 19.1 Å². The SMILES string of the molecule is CC(Cc1ccccc1)OC(=O)c1ccccc1NC(=O)OCc1ccccc1. The molecular weight excluding hydrogens is 366 g/mol. The van der Waals surface area contributed by atoms with Gasteiger partial charge in [0.15, 0.2) is 0 Å². The summed E-state index contributed by atoms with van der Waals surface area (Å²) in [5.74, 6) is -0.493. The van der Waals surface area contributed by atoms with Crippen LogP contribution in [0.15, 0.2) is 84.9 Å². The Morgan fingerprint density at radius 3 is 2.10 bits per heavy atom. The van der Waals surface area contributed by atoms with Gasteiger partial charge in [0.05, 0.1) is 11.3 Å². The van der Waals surface area contributed by atoms with Gasteiger partial charge in [-0.2, -0.15) is 0 Å². The van der Waals surface area contributed by atoms with Crippen LogP contribution in [0.1, 0.15) is 28.4 Å². The summed E-state index contributed by atoms with van der Waals surface area (Å²) in [7, 11) is 0. The zero-order chi connectivity index (χ0) is 20.5. The first-order valence-corrected chi connectivity index (χ1v) is 9.43. The Hall–Kier alpha value is -3.60. The fourth-order valence-electron chi connectivity index (χ4n) is 2.87. The van der Waals surface area contributed by atoms with E-state index in [0.29, 0.717) is 12.1 Å². The average Bonchev–Trinajstić information content (AvgIpc) is 2.74. The second-order valence-electron chi connectivity index (χ2n) is 6.64. The fraction of sp³-hybridized carbons (Fsp3) is 0.167. The third kappa shape index (κ3) is 6.21. The number of carbonyl (C=O) groups excluding carboxylic acids is 2. The van der Waals surface area contributed by atoms with Gasteiger partial charge in [0.25, 0.3) is 0 Å². The van der Waals surface area contributed by atoms with E-state index in [9.17, 15) is 9.59 Å². The lowest BCUT2D eigenvalue weighted by Crippen LogP contribution is -2.20. The predicted molar refractivity (Wildman–Crippen MR) is 112 cm³/mol. The van der Waals surface area contributed by atoms with E-state index in [1.165, 1.54) is 0 Å². The lowest BCUT2D eigenvalue weighted by atomic mass is 10.1. The summed E-state index contributed by atoms with van der Waals surface area (Å²) in [5, 5.41) is 2.62. The molecule has 5 nitrogen and oxygen atoms in total. The molecule has 0 aliphatic heterocycles. The highest BCUT2D eigenvalue weighted by molar-refractivity contribution is 5.99. The van der Waals surface area contributed by atoms with Crippen LogP contribution >= 0.6 is 0 Å². The summed E-state index contributed by atoms with van der Waals surface area (Å²) in [5.41, 5.74) is 2.60. The van der Waals surface area contributed by atoms with Crippen molar-refractivity contribution in [1.82, 2.24) is 0 Å². The molecule has 0 saturated heterocycles. The van der Waals surface area contributed by atoms with Gasteiger partial charge in [0, 0.05) is 6.42 Å². The number of esters is 1. The van der Waals surface area contributed by atoms with Gasteiger partial charge in [-0.3, -0.25) is 5.32 Å². The molecule has 0 aromatic heterocycles. The lowest BCUT2D eigenvalue weighted by molar-refractivity contribution is 0.0344. The Morgan fingerprint density at radius 2 is 1.41 bits per heavy atom. The van der Waals surface area contributed by atoms with Crippen molar-refractivity contribution in [2.75, 3.05) is 5.32 Å². The average molecular weight is 389 g/mol. The van der Waals surface area contributed by atoms with Gasteiger partial charge < -0.3 is 9.47 Å². The van der Waals surface area contributed by atoms with Crippen LogP contribution < -0.4 is 5.32 Å². The Bertz CT molecular complexity index is 941. The molecule has 0 heterocycles. The molecule has 0 radical (unpaired) electrons. The fourth-order valence-corrected chi connectivity index (χ4v) is 2.87. The van der Waals surface area contributed by atoms with E-state index in [2.05, 4.69) is 5.32 Å². The van der Waals surface area contributed by atoms with Crippen LogP contribution in [-0.4, -0.2) is 18.2 Å². The number of amides is 1. The largest absolute Gasteiger partial charge is 0.459 e. The molecule has 1 N–H and O–H groups in total. The molecule has 1 unspecified atom stereocenters. The van der Waals surface area contributed by atoms with Crippen LogP contribution in [-0.2, 0) is 22.5 Å². The van der Waals surface area contributed by atoms with Gasteiger partial charge in [-0.05, 0) is 30.2 Å². The highest BCUT2D eigenvalue weighted by Gasteiger charge is 2.17. The van der Waals surface area contributed by atoms with Crippen LogP contribution in [0, 0.1) is 0 Å². The predicted octanol–water partition coefficient (Wildman–Crippen LogP) is 5.22. The molecule has 0 spiro atoms. The first-order valence-electron chi connectivity index (χ1n) is 9.43. The van der Waals surface area contributed by atoms with Gasteiger partial charge >= 0.3 is 12.1 Å². The zero-order valence-electron chi connectivity index (χ0n) is 16.2. The third-order valence-electron chi connectivity index (χ3n) is 4.27. The quantitative estimate of drug-likeness (QED) is 0.563. The molecule has 3 aromatic rings. The third-order valence-corrected chi connectivity index (χ3v) is 4.27. The lowest BCUT2D eigenvalue weighted by Gasteiger charge is -2.15. The van der Waals surface area contributed by atoms with E-state index in [1.54, 1.807) is 24.3 Å². The van der Waals surface area contributed by atoms with Gasteiger partial charge in [-0.15, -0.1) is 0 Å². The second-order valence-corrected chi connectivity index (χ2v) is 6.64. The number of anilines is 1. The van der Waals surface area contributed by atoms with Crippen molar-refractivity contribution in [3.63, 3.8) is 0 Å². The molecular formula is C24H23NO4. The van der Waals surface area contributed by atoms with E-state index in [-0.39, 0.29) is 18.3 Å². The number of para-hydroxylation sites is 1. The molecule has 0 saturated carbocycles. The zero-order valence-corrected chi connectivity index (χ0v) is 16.2. The normalized spacial score (nSPS) is 11.3. The van der Waals surface area contributed by atoms with Crippen LogP contribution in [0.4, 0.5) is 10.5 Å². The molecule has 1 atom stereocenters. The number of benzene rings is 3. The van der Waals surface area contributed by atoms with E-state index < -0.39 is 12.1 Å². The number of carbonyl (C=O) groups is 2. The number of ether oxygens (including phenoxy) is 2. The molecule has 1 amide bonds. The van der Waals surface area contributed by atoms with Gasteiger partial charge in [-0.25, -0.2) is 9.59 Å². The minimum Gasteiger partial charge on any atom is -0.459 e. The summed E-state index contributed by atoms with van der Waals surface area (Å²) < 4.78 is 10.8. The Kier molecular flexibility index (Phi) is 7.00. The number of hydrogen-bond donors (Lipinski definition) is 1. The molecule has 3 rings (SSSR count). The smallest absolute Gasteiger partial charge is 0.411 e. The van der Waals surface area contributed by atoms with Crippen molar-refractivity contribution in [2.24, 2.45) is 0 Å². The number of rotatable bonds is 7. The van der Waals surface area contributed by atoms with E-state index >= 15 is 0 Å². The molecule has 0 aliphatic carbocycles. The van der Waals surface area contributed by atoms with Crippen molar-refractivity contribution in [2.45, 2.75) is 26.1 Å². The maximum absolute atomic E-state index is 12.6. The topological polar surface area (TPSA) is 64.6 Å². The minimum atomic E-state index is -0.633. The van der Waals surface area contributed by atoms with E-state index in [0.717, 1.165) is 11.1 Å². The van der Waals surface area contributed by atoms with Crippen molar-refractivity contribution in [3.05, 3.63) is 102 Å². The first kappa shape index (κ1) is 20.1. The maximum Gasteiger partial charge on any atom is 0.411 e. The molecule has 29 heavy (non-hydrogen) atoms. The van der Waals surface area contributed by atoms with Crippen LogP contribution in [0.5, 0.6) is 0 Å². The summed E-state index contributed by atoms with van der Waals surface area (Å²) in [6, 6.07) is 25.9. The standard InChI is InChI=1S/C24H23NO4/c1-18(16-19-10-4-2-5-11-19)29-23(26)21-14-8-9-15-22(21)25-24(27)28-17-20-12-6-3-7-13-20/h2-15,18H,16-17H2,1H3,(H,25,27). The van der Waals surface area contributed by atoms with Crippen LogP contribution in [0.3, 0.4) is 0 Å². The Labute approximate surface area is 170 Å². The molecule has 3 aromatic carbocycles. The molecule has 5 heteroatoms. The van der Waals surface area contributed by atoms with Crippen molar-refractivity contribution >= 4 is 17.7 Å². The summed E-state index contributed by atoms with van der Waals surface area (Å²) in [6.45, 7) is 1.99. The molecule has 148 valence electrons. The van der Waals surface area contributed by atoms with Crippen molar-refractivity contribution in [1.29, 1.82) is 0 Å². The Morgan fingerprint density at radius 1 is 0.828 bits per heavy atom. The van der Waals surface area contributed by atoms with Crippen LogP contribution in [0.2, 0.25) is 0 Å². The highest BCUT2D eigenvalue weighted by atomic mass is 16.6. The van der Waals surface area contributed by atoms with Gasteiger partial charge in [-0.1, -0.05) is 72.8 Å². The molecule has 0 aliphatic rings. The highest BCUT2D eigenvalue weighted by Crippen LogP contribution is 2.18. The van der Waals surface area contributed by atoms with Gasteiger partial charge in [0.2, 0.25) is 0 Å². The second kappa shape index (κ2) is 10.1. The first-order chi connectivity index (χ1) is 14.1. The number of nitrogens with one attached hydrogen (secondary N) is 1. The number of hydrogen-bond acceptors (Lipinski definition) is 4. The molecule has 0 bridgehead atoms.